The summed E-state index contributed by atoms with van der Waals surface area (Å²) in [7, 11) is 0. The fraction of sp³-hybridized carbons (Fsp3) is 0.333. The number of alkyl carbamates (subject to hydrolysis) is 1. The predicted octanol–water partition coefficient (Wildman–Crippen LogP) is 6.67. The lowest BCUT2D eigenvalue weighted by Crippen LogP contribution is -2.59. The molecule has 1 aromatic heterocycles. The van der Waals surface area contributed by atoms with Crippen LogP contribution in [-0.2, 0) is 30.3 Å². The Morgan fingerprint density at radius 1 is 0.725 bits per heavy atom. The molecule has 0 aliphatic carbocycles. The molecule has 0 saturated carbocycles. The van der Waals surface area contributed by atoms with E-state index in [9.17, 15) is 24.3 Å². The van der Waals surface area contributed by atoms with Gasteiger partial charge >= 0.3 is 12.1 Å². The molecule has 0 aliphatic heterocycles. The van der Waals surface area contributed by atoms with Crippen molar-refractivity contribution < 1.29 is 29.0 Å². The van der Waals surface area contributed by atoms with E-state index in [1.165, 1.54) is 23.1 Å². The van der Waals surface area contributed by atoms with E-state index in [0.717, 1.165) is 21.6 Å². The summed E-state index contributed by atoms with van der Waals surface area (Å²) in [6, 6.07) is 29.8. The molecule has 3 atom stereocenters. The molecule has 0 radical (unpaired) electrons. The summed E-state index contributed by atoms with van der Waals surface area (Å²) >= 11 is 7.26. The van der Waals surface area contributed by atoms with Gasteiger partial charge in [-0.3, -0.25) is 9.59 Å². The second kappa shape index (κ2) is 17.3. The van der Waals surface area contributed by atoms with Crippen molar-refractivity contribution in [2.24, 2.45) is 0 Å². The Morgan fingerprint density at radius 2 is 1.22 bits per heavy atom. The molecular formula is C39H45N3O6S3. The van der Waals surface area contributed by atoms with E-state index in [0.29, 0.717) is 0 Å². The van der Waals surface area contributed by atoms with Gasteiger partial charge in [-0.25, -0.2) is 9.59 Å². The second-order valence-electron chi connectivity index (χ2n) is 13.6. The Bertz CT molecular complexity index is 1650. The first-order valence-corrected chi connectivity index (χ1v) is 18.8. The van der Waals surface area contributed by atoms with Gasteiger partial charge in [0, 0.05) is 21.8 Å². The van der Waals surface area contributed by atoms with Crippen molar-refractivity contribution in [1.82, 2.24) is 16.0 Å². The summed E-state index contributed by atoms with van der Waals surface area (Å²) in [4.78, 5) is 54.2. The number of carbonyl (C=O) groups excluding carboxylic acids is 3. The average Bonchev–Trinajstić information content (AvgIpc) is 3.59. The van der Waals surface area contributed by atoms with E-state index < -0.39 is 57.1 Å². The van der Waals surface area contributed by atoms with Gasteiger partial charge in [-0.2, -0.15) is 12.6 Å². The molecule has 0 bridgehead atoms. The molecule has 3 aromatic carbocycles. The van der Waals surface area contributed by atoms with Crippen molar-refractivity contribution in [3.63, 3.8) is 0 Å². The van der Waals surface area contributed by atoms with Crippen molar-refractivity contribution in [2.75, 3.05) is 5.75 Å². The number of thiophene rings is 1. The third-order valence-electron chi connectivity index (χ3n) is 7.87. The second-order valence-corrected chi connectivity index (χ2v) is 17.0. The molecule has 1 unspecified atom stereocenters. The number of thioether (sulfide) groups is 1. The Labute approximate surface area is 313 Å². The highest BCUT2D eigenvalue weighted by atomic mass is 32.2. The Morgan fingerprint density at radius 3 is 1.63 bits per heavy atom. The van der Waals surface area contributed by atoms with Crippen molar-refractivity contribution >= 4 is 59.6 Å². The molecule has 0 fully saturated rings. The number of aliphatic carboxylic acids is 1. The van der Waals surface area contributed by atoms with Crippen LogP contribution in [0, 0.1) is 0 Å². The van der Waals surface area contributed by atoms with Crippen molar-refractivity contribution in [2.45, 2.75) is 74.3 Å². The van der Waals surface area contributed by atoms with Gasteiger partial charge in [0.05, 0.1) is 4.75 Å². The van der Waals surface area contributed by atoms with Crippen LogP contribution in [0.5, 0.6) is 0 Å². The highest BCUT2D eigenvalue weighted by Gasteiger charge is 2.40. The summed E-state index contributed by atoms with van der Waals surface area (Å²) in [5, 5.41) is 19.9. The number of nitrogens with one attached hydrogen (secondary N) is 3. The Hall–Kier alpha value is -4.26. The minimum Gasteiger partial charge on any atom is -0.480 e. The molecule has 12 heteroatoms. The molecule has 0 spiro atoms. The van der Waals surface area contributed by atoms with Gasteiger partial charge in [0.15, 0.2) is 0 Å². The number of benzene rings is 3. The zero-order valence-corrected chi connectivity index (χ0v) is 31.8. The molecule has 3 amide bonds. The van der Waals surface area contributed by atoms with Crippen LogP contribution < -0.4 is 16.0 Å². The maximum atomic E-state index is 14.3. The standard InChI is InChI=1S/C39H45N3O6S3/c1-37(2,3)48-36(47)41-31(34(44)40-30(24-29-22-15-23-50-29)33(43)42-32(35(45)46)38(4,5)49)25-51-39(26-16-9-6-10-17-26,27-18-11-7-12-19-27)28-20-13-8-14-21-28/h6-23,30-32,49H,24-25H2,1-5H3,(H,40,44)(H,41,47)(H,42,43)(H,45,46)/t30-,31?,32-/m0/s1. The predicted molar refractivity (Wildman–Crippen MR) is 207 cm³/mol. The number of carboxylic acid groups (broad SMARTS) is 1. The van der Waals surface area contributed by atoms with Crippen LogP contribution in [0.25, 0.3) is 0 Å². The average molecular weight is 748 g/mol. The first-order chi connectivity index (χ1) is 24.1. The van der Waals surface area contributed by atoms with Crippen LogP contribution >= 0.6 is 35.7 Å². The summed E-state index contributed by atoms with van der Waals surface area (Å²) in [6.45, 7) is 8.34. The molecule has 4 aromatic rings. The van der Waals surface area contributed by atoms with Crippen LogP contribution in [0.1, 0.15) is 56.2 Å². The molecule has 4 rings (SSSR count). The highest BCUT2D eigenvalue weighted by molar-refractivity contribution is 8.00. The number of thiol groups is 1. The van der Waals surface area contributed by atoms with Crippen molar-refractivity contribution in [1.29, 1.82) is 0 Å². The van der Waals surface area contributed by atoms with Gasteiger partial charge in [0.25, 0.3) is 0 Å². The van der Waals surface area contributed by atoms with Gasteiger partial charge in [-0.15, -0.1) is 23.1 Å². The third kappa shape index (κ3) is 10.9. The van der Waals surface area contributed by atoms with E-state index in [-0.39, 0.29) is 12.2 Å². The monoisotopic (exact) mass is 747 g/mol. The zero-order valence-electron chi connectivity index (χ0n) is 29.3. The molecule has 1 heterocycles. The van der Waals surface area contributed by atoms with E-state index in [2.05, 4.69) is 28.6 Å². The lowest BCUT2D eigenvalue weighted by molar-refractivity contribution is -0.143. The summed E-state index contributed by atoms with van der Waals surface area (Å²) in [5.41, 5.74) is 2.06. The minimum absolute atomic E-state index is 0.0680. The molecule has 9 nitrogen and oxygen atoms in total. The van der Waals surface area contributed by atoms with Crippen LogP contribution in [0.15, 0.2) is 109 Å². The van der Waals surface area contributed by atoms with Crippen molar-refractivity contribution in [3.8, 4) is 0 Å². The first kappa shape index (κ1) is 39.5. The molecule has 4 N–H and O–H groups in total. The number of carboxylic acids is 1. The van der Waals surface area contributed by atoms with Crippen LogP contribution in [-0.4, -0.2) is 63.2 Å². The van der Waals surface area contributed by atoms with Gasteiger partial charge in [0.1, 0.15) is 23.7 Å². The summed E-state index contributed by atoms with van der Waals surface area (Å²) in [5.74, 6) is -2.52. The lowest BCUT2D eigenvalue weighted by atomic mass is 9.84. The number of amides is 3. The van der Waals surface area contributed by atoms with Crippen LogP contribution in [0.4, 0.5) is 4.79 Å². The number of carbonyl (C=O) groups is 4. The third-order valence-corrected chi connectivity index (χ3v) is 10.7. The van der Waals surface area contributed by atoms with E-state index in [4.69, 9.17) is 4.74 Å². The van der Waals surface area contributed by atoms with E-state index in [1.807, 2.05) is 109 Å². The number of ether oxygens (including phenoxy) is 1. The molecular weight excluding hydrogens is 703 g/mol. The summed E-state index contributed by atoms with van der Waals surface area (Å²) in [6.07, 6.45) is -0.696. The maximum Gasteiger partial charge on any atom is 0.408 e. The van der Waals surface area contributed by atoms with Gasteiger partial charge in [0.2, 0.25) is 11.8 Å². The number of rotatable bonds is 15. The molecule has 270 valence electrons. The Balaban J connectivity index is 1.74. The maximum absolute atomic E-state index is 14.3. The molecule has 51 heavy (non-hydrogen) atoms. The fourth-order valence-electron chi connectivity index (χ4n) is 5.50. The van der Waals surface area contributed by atoms with E-state index in [1.54, 1.807) is 34.6 Å². The fourth-order valence-corrected chi connectivity index (χ4v) is 7.99. The zero-order chi connectivity index (χ0) is 37.2. The highest BCUT2D eigenvalue weighted by Crippen LogP contribution is 2.48. The van der Waals surface area contributed by atoms with Gasteiger partial charge in [-0.1, -0.05) is 97.1 Å². The quantitative estimate of drug-likeness (QED) is 0.0678. The largest absolute Gasteiger partial charge is 0.480 e. The topological polar surface area (TPSA) is 134 Å². The number of hydrogen-bond donors (Lipinski definition) is 5. The first-order valence-electron chi connectivity index (χ1n) is 16.5. The van der Waals surface area contributed by atoms with Crippen molar-refractivity contribution in [3.05, 3.63) is 130 Å². The van der Waals surface area contributed by atoms with Crippen LogP contribution in [0.2, 0.25) is 0 Å². The SMILES string of the molecule is CC(C)(C)OC(=O)NC(CSC(c1ccccc1)(c1ccccc1)c1ccccc1)C(=O)N[C@@H](Cc1cccs1)C(=O)N[C@@H](C(=O)O)C(C)(C)S. The normalized spacial score (nSPS) is 13.7. The van der Waals surface area contributed by atoms with Gasteiger partial charge in [-0.05, 0) is 62.8 Å². The molecule has 0 saturated heterocycles. The lowest BCUT2D eigenvalue weighted by Gasteiger charge is -2.36. The smallest absolute Gasteiger partial charge is 0.408 e. The number of hydrogen-bond acceptors (Lipinski definition) is 8. The minimum atomic E-state index is -1.34. The Kier molecular flexibility index (Phi) is 13.4. The van der Waals surface area contributed by atoms with E-state index >= 15 is 0 Å². The van der Waals surface area contributed by atoms with Gasteiger partial charge < -0.3 is 25.8 Å². The summed E-state index contributed by atoms with van der Waals surface area (Å²) < 4.78 is 3.66. The van der Waals surface area contributed by atoms with Crippen LogP contribution in [0.3, 0.4) is 0 Å². The molecule has 0 aliphatic rings.